The van der Waals surface area contributed by atoms with Crippen LogP contribution in [0.2, 0.25) is 0 Å². The summed E-state index contributed by atoms with van der Waals surface area (Å²) in [5.41, 5.74) is 0. The molecule has 0 unspecified atom stereocenters. The molecular weight excluding hydrogens is 274 g/mol. The average Bonchev–Trinajstić information content (AvgIpc) is 3.07. The van der Waals surface area contributed by atoms with Gasteiger partial charge in [0.15, 0.2) is 5.82 Å². The lowest BCUT2D eigenvalue weighted by atomic mass is 10.2. The minimum absolute atomic E-state index is 0.0362. The van der Waals surface area contributed by atoms with Crippen molar-refractivity contribution in [1.82, 2.24) is 25.0 Å². The number of amides is 2. The fraction of sp³-hybridized carbons (Fsp3) is 0.692. The highest BCUT2D eigenvalue weighted by Crippen LogP contribution is 2.23. The van der Waals surface area contributed by atoms with E-state index in [-0.39, 0.29) is 18.6 Å². The van der Waals surface area contributed by atoms with Gasteiger partial charge >= 0.3 is 12.0 Å². The number of aryl methyl sites for hydroxylation is 1. The Kier molecular flexibility index (Phi) is 5.13. The van der Waals surface area contributed by atoms with E-state index in [0.29, 0.717) is 18.8 Å². The first-order valence-corrected chi connectivity index (χ1v) is 7.17. The molecule has 1 heterocycles. The largest absolute Gasteiger partial charge is 0.480 e. The Labute approximate surface area is 123 Å². The summed E-state index contributed by atoms with van der Waals surface area (Å²) < 4.78 is 1.60. The minimum Gasteiger partial charge on any atom is -0.480 e. The van der Waals surface area contributed by atoms with Crippen molar-refractivity contribution in [2.45, 2.75) is 38.1 Å². The van der Waals surface area contributed by atoms with Crippen LogP contribution in [0.3, 0.4) is 0 Å². The monoisotopic (exact) mass is 295 g/mol. The Hall–Kier alpha value is -2.12. The average molecular weight is 295 g/mol. The van der Waals surface area contributed by atoms with Crippen molar-refractivity contribution in [2.75, 3.05) is 13.1 Å². The van der Waals surface area contributed by atoms with E-state index in [0.717, 1.165) is 25.7 Å². The number of aliphatic carboxylic acids is 1. The molecule has 0 bridgehead atoms. The van der Waals surface area contributed by atoms with Gasteiger partial charge in [-0.3, -0.25) is 9.48 Å². The summed E-state index contributed by atoms with van der Waals surface area (Å²) in [6.07, 6.45) is 5.98. The molecule has 1 aliphatic carbocycles. The van der Waals surface area contributed by atoms with Gasteiger partial charge in [-0.2, -0.15) is 5.10 Å². The molecule has 1 aromatic heterocycles. The van der Waals surface area contributed by atoms with E-state index in [2.05, 4.69) is 15.4 Å². The van der Waals surface area contributed by atoms with E-state index in [1.807, 2.05) is 0 Å². The molecule has 0 aromatic carbocycles. The van der Waals surface area contributed by atoms with E-state index in [9.17, 15) is 9.59 Å². The van der Waals surface area contributed by atoms with Crippen LogP contribution in [0.1, 0.15) is 31.5 Å². The predicted molar refractivity (Wildman–Crippen MR) is 74.7 cm³/mol. The zero-order valence-electron chi connectivity index (χ0n) is 12.2. The number of carbonyl (C=O) groups is 2. The highest BCUT2D eigenvalue weighted by Gasteiger charge is 2.28. The molecule has 2 rings (SSSR count). The first-order valence-electron chi connectivity index (χ1n) is 7.17. The number of aromatic nitrogens is 3. The molecule has 1 aliphatic rings. The van der Waals surface area contributed by atoms with Gasteiger partial charge in [-0.15, -0.1) is 0 Å². The fourth-order valence-corrected chi connectivity index (χ4v) is 2.61. The van der Waals surface area contributed by atoms with Crippen LogP contribution >= 0.6 is 0 Å². The Morgan fingerprint density at radius 3 is 2.76 bits per heavy atom. The summed E-state index contributed by atoms with van der Waals surface area (Å²) in [5, 5.41) is 15.8. The third-order valence-corrected chi connectivity index (χ3v) is 3.60. The van der Waals surface area contributed by atoms with Crippen LogP contribution in [0.25, 0.3) is 0 Å². The number of hydrogen-bond acceptors (Lipinski definition) is 4. The SMILES string of the molecule is Cn1cnc(CCNC(=O)N(CC(=O)O)C2CCCC2)n1. The molecule has 2 amide bonds. The summed E-state index contributed by atoms with van der Waals surface area (Å²) in [6, 6.07) is -0.283. The van der Waals surface area contributed by atoms with Crippen LogP contribution in [0.4, 0.5) is 4.79 Å². The third kappa shape index (κ3) is 4.44. The second-order valence-corrected chi connectivity index (χ2v) is 5.28. The van der Waals surface area contributed by atoms with Gasteiger partial charge < -0.3 is 15.3 Å². The maximum Gasteiger partial charge on any atom is 0.323 e. The van der Waals surface area contributed by atoms with Gasteiger partial charge in [0.05, 0.1) is 0 Å². The standard InChI is InChI=1S/C13H21N5O3/c1-17-9-15-11(16-17)6-7-14-13(21)18(8-12(19)20)10-4-2-3-5-10/h9-10H,2-8H2,1H3,(H,14,21)(H,19,20). The second-order valence-electron chi connectivity index (χ2n) is 5.28. The van der Waals surface area contributed by atoms with Crippen molar-refractivity contribution in [3.63, 3.8) is 0 Å². The summed E-state index contributed by atoms with van der Waals surface area (Å²) in [7, 11) is 1.78. The Morgan fingerprint density at radius 2 is 2.19 bits per heavy atom. The van der Waals surface area contributed by atoms with Crippen LogP contribution < -0.4 is 5.32 Å². The zero-order valence-corrected chi connectivity index (χ0v) is 12.2. The van der Waals surface area contributed by atoms with E-state index in [1.54, 1.807) is 18.1 Å². The van der Waals surface area contributed by atoms with Crippen molar-refractivity contribution in [3.05, 3.63) is 12.2 Å². The number of nitrogens with zero attached hydrogens (tertiary/aromatic N) is 4. The summed E-state index contributed by atoms with van der Waals surface area (Å²) >= 11 is 0. The molecule has 1 fully saturated rings. The lowest BCUT2D eigenvalue weighted by molar-refractivity contribution is -0.138. The smallest absolute Gasteiger partial charge is 0.323 e. The molecule has 8 nitrogen and oxygen atoms in total. The predicted octanol–water partition coefficient (Wildman–Crippen LogP) is 0.396. The molecule has 2 N–H and O–H groups in total. The molecule has 0 spiro atoms. The first kappa shape index (κ1) is 15.3. The van der Waals surface area contributed by atoms with Crippen molar-refractivity contribution in [3.8, 4) is 0 Å². The molecule has 0 atom stereocenters. The van der Waals surface area contributed by atoms with Gasteiger partial charge in [0.2, 0.25) is 0 Å². The normalized spacial score (nSPS) is 15.1. The van der Waals surface area contributed by atoms with Crippen LogP contribution in [0, 0.1) is 0 Å². The van der Waals surface area contributed by atoms with Crippen LogP contribution in [0.15, 0.2) is 6.33 Å². The number of carboxylic acids is 1. The van der Waals surface area contributed by atoms with E-state index < -0.39 is 5.97 Å². The third-order valence-electron chi connectivity index (χ3n) is 3.60. The number of hydrogen-bond donors (Lipinski definition) is 2. The van der Waals surface area contributed by atoms with Crippen LogP contribution in [-0.2, 0) is 18.3 Å². The number of urea groups is 1. The number of nitrogens with one attached hydrogen (secondary N) is 1. The van der Waals surface area contributed by atoms with Gasteiger partial charge in [-0.1, -0.05) is 12.8 Å². The number of rotatable bonds is 6. The number of carboxylic acid groups (broad SMARTS) is 1. The Bertz CT molecular complexity index is 496. The molecule has 1 saturated carbocycles. The fourth-order valence-electron chi connectivity index (χ4n) is 2.61. The molecule has 0 radical (unpaired) electrons. The van der Waals surface area contributed by atoms with Gasteiger partial charge in [0.1, 0.15) is 12.9 Å². The minimum atomic E-state index is -0.983. The second kappa shape index (κ2) is 7.05. The van der Waals surface area contributed by atoms with E-state index in [4.69, 9.17) is 5.11 Å². The molecule has 0 aliphatic heterocycles. The lowest BCUT2D eigenvalue weighted by Crippen LogP contribution is -2.48. The maximum atomic E-state index is 12.2. The quantitative estimate of drug-likeness (QED) is 0.791. The van der Waals surface area contributed by atoms with Crippen molar-refractivity contribution in [1.29, 1.82) is 0 Å². The van der Waals surface area contributed by atoms with Gasteiger partial charge in [-0.25, -0.2) is 9.78 Å². The molecule has 0 saturated heterocycles. The Balaban J connectivity index is 1.84. The summed E-state index contributed by atoms with van der Waals surface area (Å²) in [4.78, 5) is 28.6. The van der Waals surface area contributed by atoms with Gasteiger partial charge in [0.25, 0.3) is 0 Å². The van der Waals surface area contributed by atoms with Crippen molar-refractivity contribution < 1.29 is 14.7 Å². The van der Waals surface area contributed by atoms with E-state index in [1.165, 1.54) is 4.90 Å². The highest BCUT2D eigenvalue weighted by atomic mass is 16.4. The van der Waals surface area contributed by atoms with Gasteiger partial charge in [0, 0.05) is 26.1 Å². The lowest BCUT2D eigenvalue weighted by Gasteiger charge is -2.27. The number of carbonyl (C=O) groups excluding carboxylic acids is 1. The Morgan fingerprint density at radius 1 is 1.48 bits per heavy atom. The highest BCUT2D eigenvalue weighted by molar-refractivity contribution is 5.80. The van der Waals surface area contributed by atoms with E-state index >= 15 is 0 Å². The summed E-state index contributed by atoms with van der Waals surface area (Å²) in [5.74, 6) is -0.327. The molecule has 8 heteroatoms. The summed E-state index contributed by atoms with van der Waals surface area (Å²) in [6.45, 7) is 0.143. The molecular formula is C13H21N5O3. The zero-order chi connectivity index (χ0) is 15.2. The molecule has 116 valence electrons. The van der Waals surface area contributed by atoms with Crippen molar-refractivity contribution in [2.24, 2.45) is 7.05 Å². The maximum absolute atomic E-state index is 12.2. The topological polar surface area (TPSA) is 100 Å². The molecule has 1 aromatic rings. The van der Waals surface area contributed by atoms with Gasteiger partial charge in [-0.05, 0) is 12.8 Å². The van der Waals surface area contributed by atoms with Crippen LogP contribution in [-0.4, -0.2) is 55.9 Å². The molecule has 21 heavy (non-hydrogen) atoms. The van der Waals surface area contributed by atoms with Crippen LogP contribution in [0.5, 0.6) is 0 Å². The van der Waals surface area contributed by atoms with Crippen molar-refractivity contribution >= 4 is 12.0 Å². The first-order chi connectivity index (χ1) is 10.1.